The van der Waals surface area contributed by atoms with Crippen molar-refractivity contribution >= 4 is 5.97 Å². The van der Waals surface area contributed by atoms with E-state index in [0.29, 0.717) is 0 Å². The fraction of sp³-hybridized carbons (Fsp3) is 0.346. The van der Waals surface area contributed by atoms with E-state index >= 15 is 13.2 Å². The van der Waals surface area contributed by atoms with Gasteiger partial charge in [0.2, 0.25) is 0 Å². The molecule has 1 saturated heterocycles. The van der Waals surface area contributed by atoms with Gasteiger partial charge in [0.05, 0.1) is 12.2 Å². The number of allylic oxidation sites excluding steroid dienone is 2. The Bertz CT molecular complexity index is 1210. The summed E-state index contributed by atoms with van der Waals surface area (Å²) in [6.07, 6.45) is -12.5. The van der Waals surface area contributed by atoms with Gasteiger partial charge in [0.15, 0.2) is 0 Å². The van der Waals surface area contributed by atoms with E-state index in [0.717, 1.165) is 24.3 Å². The smallest absolute Gasteiger partial charge is 0.416 e. The maximum atomic E-state index is 15.5. The Morgan fingerprint density at radius 3 is 2.16 bits per heavy atom. The molecule has 2 aliphatic rings. The molecular formula is C26H22F7NO3. The molecule has 2 aromatic carbocycles. The number of benzene rings is 2. The summed E-state index contributed by atoms with van der Waals surface area (Å²) in [4.78, 5) is 11.9. The van der Waals surface area contributed by atoms with E-state index in [1.54, 1.807) is 6.07 Å². The van der Waals surface area contributed by atoms with E-state index < -0.39 is 71.3 Å². The largest absolute Gasteiger partial charge is 0.478 e. The molecule has 11 heteroatoms. The van der Waals surface area contributed by atoms with Gasteiger partial charge in [-0.1, -0.05) is 42.5 Å². The summed E-state index contributed by atoms with van der Waals surface area (Å²) < 4.78 is 110. The molecule has 0 saturated carbocycles. The summed E-state index contributed by atoms with van der Waals surface area (Å²) in [5, 5.41) is 12.4. The van der Waals surface area contributed by atoms with Gasteiger partial charge in [0.1, 0.15) is 16.8 Å². The first-order valence-electron chi connectivity index (χ1n) is 11.3. The van der Waals surface area contributed by atoms with Crippen LogP contribution in [0, 0.1) is 11.2 Å². The number of morpholine rings is 1. The third kappa shape index (κ3) is 4.66. The molecule has 2 N–H and O–H groups in total. The lowest BCUT2D eigenvalue weighted by molar-refractivity contribution is -0.291. The van der Waals surface area contributed by atoms with Crippen molar-refractivity contribution in [3.63, 3.8) is 0 Å². The van der Waals surface area contributed by atoms with Crippen molar-refractivity contribution in [3.05, 3.63) is 94.3 Å². The second-order valence-corrected chi connectivity index (χ2v) is 8.97. The lowest BCUT2D eigenvalue weighted by Crippen LogP contribution is -2.65. The van der Waals surface area contributed by atoms with Crippen LogP contribution in [0.1, 0.15) is 17.5 Å². The molecular weight excluding hydrogens is 507 g/mol. The number of halogens is 7. The van der Waals surface area contributed by atoms with E-state index in [1.165, 1.54) is 24.3 Å². The molecule has 37 heavy (non-hydrogen) atoms. The Kier molecular flexibility index (Phi) is 6.98. The van der Waals surface area contributed by atoms with Crippen LogP contribution in [0.3, 0.4) is 0 Å². The van der Waals surface area contributed by atoms with Crippen LogP contribution in [0.5, 0.6) is 0 Å². The zero-order valence-corrected chi connectivity index (χ0v) is 19.2. The van der Waals surface area contributed by atoms with Gasteiger partial charge in [-0.2, -0.15) is 26.3 Å². The van der Waals surface area contributed by atoms with Crippen LogP contribution in [0.2, 0.25) is 0 Å². The second-order valence-electron chi connectivity index (χ2n) is 8.97. The number of carbonyl (C=O) groups is 1. The maximum absolute atomic E-state index is 15.5. The topological polar surface area (TPSA) is 58.6 Å². The number of hydrogen-bond acceptors (Lipinski definition) is 3. The van der Waals surface area contributed by atoms with Crippen LogP contribution in [0.15, 0.2) is 77.4 Å². The molecule has 0 radical (unpaired) electrons. The molecule has 0 bridgehead atoms. The van der Waals surface area contributed by atoms with Gasteiger partial charge in [-0.3, -0.25) is 0 Å². The van der Waals surface area contributed by atoms with Gasteiger partial charge >= 0.3 is 18.3 Å². The first-order chi connectivity index (χ1) is 17.3. The lowest BCUT2D eigenvalue weighted by atomic mass is 9.56. The second kappa shape index (κ2) is 9.60. The minimum absolute atomic E-state index is 0.113. The lowest BCUT2D eigenvalue weighted by Gasteiger charge is -2.55. The monoisotopic (exact) mass is 529 g/mol. The fourth-order valence-electron chi connectivity index (χ4n) is 5.30. The first-order valence-corrected chi connectivity index (χ1v) is 11.3. The third-order valence-electron chi connectivity index (χ3n) is 6.90. The molecule has 0 aromatic heterocycles. The van der Waals surface area contributed by atoms with E-state index in [9.17, 15) is 27.5 Å². The van der Waals surface area contributed by atoms with Gasteiger partial charge in [-0.15, -0.1) is 0 Å². The highest BCUT2D eigenvalue weighted by atomic mass is 19.4. The van der Waals surface area contributed by atoms with E-state index in [4.69, 9.17) is 4.74 Å². The van der Waals surface area contributed by atoms with Crippen LogP contribution >= 0.6 is 0 Å². The summed E-state index contributed by atoms with van der Waals surface area (Å²) in [7, 11) is 0. The van der Waals surface area contributed by atoms with Crippen molar-refractivity contribution in [2.75, 3.05) is 19.7 Å². The molecule has 0 spiro atoms. The number of hydrogen-bond donors (Lipinski definition) is 2. The van der Waals surface area contributed by atoms with Crippen LogP contribution < -0.4 is 5.32 Å². The average molecular weight is 529 g/mol. The minimum Gasteiger partial charge on any atom is -0.478 e. The molecule has 0 amide bonds. The number of carboxylic acid groups (broad SMARTS) is 1. The Morgan fingerprint density at radius 1 is 1.00 bits per heavy atom. The molecule has 198 valence electrons. The summed E-state index contributed by atoms with van der Waals surface area (Å²) in [5.41, 5.74) is -9.86. The number of rotatable bonds is 5. The highest BCUT2D eigenvalue weighted by Gasteiger charge is 2.72. The van der Waals surface area contributed by atoms with Gasteiger partial charge in [-0.25, -0.2) is 9.18 Å². The highest BCUT2D eigenvalue weighted by Crippen LogP contribution is 2.64. The number of aliphatic carboxylic acids is 1. The molecule has 1 unspecified atom stereocenters. The third-order valence-corrected chi connectivity index (χ3v) is 6.90. The van der Waals surface area contributed by atoms with Crippen molar-refractivity contribution in [2.24, 2.45) is 5.41 Å². The summed E-state index contributed by atoms with van der Waals surface area (Å²) in [6.45, 7) is -0.780. The minimum atomic E-state index is -5.42. The van der Waals surface area contributed by atoms with Gasteiger partial charge in [-0.05, 0) is 41.3 Å². The number of carboxylic acids is 1. The van der Waals surface area contributed by atoms with Crippen molar-refractivity contribution in [2.45, 2.75) is 30.8 Å². The van der Waals surface area contributed by atoms with Crippen molar-refractivity contribution in [1.82, 2.24) is 5.32 Å². The molecule has 1 aliphatic carbocycles. The molecule has 2 aromatic rings. The Hall–Kier alpha value is -3.18. The molecule has 1 fully saturated rings. The van der Waals surface area contributed by atoms with Gasteiger partial charge in [0, 0.05) is 25.1 Å². The molecule has 1 aliphatic heterocycles. The van der Waals surface area contributed by atoms with Gasteiger partial charge < -0.3 is 15.2 Å². The Labute approximate surface area is 207 Å². The number of nitrogens with one attached hydrogen (secondary N) is 1. The zero-order valence-electron chi connectivity index (χ0n) is 19.2. The molecule has 2 atom stereocenters. The van der Waals surface area contributed by atoms with E-state index in [1.807, 2.05) is 0 Å². The molecule has 4 rings (SSSR count). The van der Waals surface area contributed by atoms with Crippen LogP contribution in [0.4, 0.5) is 30.7 Å². The molecule has 4 nitrogen and oxygen atoms in total. The summed E-state index contributed by atoms with van der Waals surface area (Å²) in [5.74, 6) is -2.68. The maximum Gasteiger partial charge on any atom is 0.416 e. The van der Waals surface area contributed by atoms with Crippen molar-refractivity contribution in [1.29, 1.82) is 0 Å². The first kappa shape index (κ1) is 26.9. The summed E-state index contributed by atoms with van der Waals surface area (Å²) >= 11 is 0. The van der Waals surface area contributed by atoms with E-state index in [-0.39, 0.29) is 30.4 Å². The quantitative estimate of drug-likeness (QED) is 0.488. The van der Waals surface area contributed by atoms with E-state index in [2.05, 4.69) is 5.32 Å². The van der Waals surface area contributed by atoms with Crippen LogP contribution in [-0.2, 0) is 21.6 Å². The number of ether oxygens (including phenoxy) is 1. The Balaban J connectivity index is 2.14. The predicted molar refractivity (Wildman–Crippen MR) is 119 cm³/mol. The van der Waals surface area contributed by atoms with Crippen LogP contribution in [-0.4, -0.2) is 43.1 Å². The highest BCUT2D eigenvalue weighted by molar-refractivity contribution is 5.88. The van der Waals surface area contributed by atoms with Crippen LogP contribution in [0.25, 0.3) is 0 Å². The predicted octanol–water partition coefficient (Wildman–Crippen LogP) is 5.71. The number of alkyl halides is 6. The normalized spacial score (nSPS) is 25.1. The average Bonchev–Trinajstić information content (AvgIpc) is 2.84. The van der Waals surface area contributed by atoms with Crippen molar-refractivity contribution in [3.8, 4) is 0 Å². The fourth-order valence-corrected chi connectivity index (χ4v) is 5.30. The molecule has 1 heterocycles. The summed E-state index contributed by atoms with van der Waals surface area (Å²) in [6, 6.07) is 11.2. The van der Waals surface area contributed by atoms with Crippen molar-refractivity contribution < 1.29 is 45.4 Å². The zero-order chi connectivity index (χ0) is 27.1. The SMILES string of the molecule is O=C(O)C1=CC(C(F)(F)F)=C(Cc2ccccc2)[C@](C(F)(F)F)(C2(c3ccc(F)cc3)CNCCO2)C1. The standard InChI is InChI=1S/C26H22F7NO3/c27-19-8-6-18(7-9-19)24(15-34-10-11-37-24)23(26(31,32)33)14-17(22(35)36)13-21(25(28,29)30)20(23)12-16-4-2-1-3-5-16/h1-9,13,34H,10-12,14-15H2,(H,35,36)/t23-,24?/m0/s1. The van der Waals surface area contributed by atoms with Gasteiger partial charge in [0.25, 0.3) is 0 Å². The Morgan fingerprint density at radius 2 is 1.65 bits per heavy atom.